The molecule has 1 heteroatoms. The molecule has 0 saturated heterocycles. The molecule has 0 nitrogen and oxygen atoms in total. The molecule has 0 radical (unpaired) electrons. The zero-order valence-corrected chi connectivity index (χ0v) is 17.3. The molecule has 0 aromatic heterocycles. The Hall–Kier alpha value is -2.52. The second kappa shape index (κ2) is 8.46. The molecule has 138 valence electrons. The molecule has 4 aromatic carbocycles. The molecule has 0 fully saturated rings. The predicted octanol–water partition coefficient (Wildman–Crippen LogP) is 6.50. The first-order valence-corrected chi connectivity index (χ1v) is 10.5. The standard InChI is InChI=1S/C28H25.Li/c1-2-28(25-19-11-5-12-20-25,26-21-13-6-14-22-26)27(23-15-7-3-8-16-23)24-17-9-4-10-18-24;/h3-22H,2H2,1H3;. The van der Waals surface area contributed by atoms with Gasteiger partial charge in [0.25, 0.3) is 0 Å². The normalized spacial score (nSPS) is 12.0. The van der Waals surface area contributed by atoms with E-state index in [1.165, 1.54) is 22.3 Å². The van der Waals surface area contributed by atoms with E-state index in [0.717, 1.165) is 6.42 Å². The third kappa shape index (κ3) is 3.28. The van der Waals surface area contributed by atoms with Crippen molar-refractivity contribution in [2.24, 2.45) is 0 Å². The van der Waals surface area contributed by atoms with Gasteiger partial charge in [-0.05, 0) is 0 Å². The van der Waals surface area contributed by atoms with Crippen molar-refractivity contribution in [3.05, 3.63) is 144 Å². The third-order valence-electron chi connectivity index (χ3n) is 6.62. The summed E-state index contributed by atoms with van der Waals surface area (Å²) in [7, 11) is 0. The van der Waals surface area contributed by atoms with Gasteiger partial charge in [0.05, 0.1) is 0 Å². The van der Waals surface area contributed by atoms with Gasteiger partial charge in [0.15, 0.2) is 0 Å². The van der Waals surface area contributed by atoms with Gasteiger partial charge in [-0.25, -0.2) is 0 Å². The topological polar surface area (TPSA) is 0 Å². The zero-order chi connectivity index (χ0) is 20.2. The van der Waals surface area contributed by atoms with E-state index < -0.39 is 0 Å². The van der Waals surface area contributed by atoms with Crippen LogP contribution in [0.5, 0.6) is 0 Å². The first kappa shape index (κ1) is 19.8. The van der Waals surface area contributed by atoms with E-state index in [2.05, 4.69) is 146 Å². The molecule has 0 N–H and O–H groups in total. The van der Waals surface area contributed by atoms with Crippen molar-refractivity contribution in [1.82, 2.24) is 0 Å². The molecule has 0 aliphatic carbocycles. The molecule has 0 atom stereocenters. The fourth-order valence-corrected chi connectivity index (χ4v) is 5.15. The van der Waals surface area contributed by atoms with Crippen LogP contribution < -0.4 is 0 Å². The minimum atomic E-state index is -0.243. The second-order valence-corrected chi connectivity index (χ2v) is 7.85. The van der Waals surface area contributed by atoms with Crippen LogP contribution in [0.2, 0.25) is 0 Å². The fraction of sp³-hybridized carbons (Fsp3) is 0.143. The van der Waals surface area contributed by atoms with Crippen molar-refractivity contribution >= 4 is 17.7 Å². The molecule has 0 unspecified atom stereocenters. The molecule has 0 saturated carbocycles. The van der Waals surface area contributed by atoms with Gasteiger partial charge < -0.3 is 0 Å². The van der Waals surface area contributed by atoms with E-state index >= 15 is 0 Å². The summed E-state index contributed by atoms with van der Waals surface area (Å²) in [6.45, 7) is 2.32. The molecule has 0 bridgehead atoms. The summed E-state index contributed by atoms with van der Waals surface area (Å²) in [4.78, 5) is 0. The van der Waals surface area contributed by atoms with E-state index in [4.69, 9.17) is 0 Å². The van der Waals surface area contributed by atoms with Gasteiger partial charge in [-0.15, -0.1) is 0 Å². The Morgan fingerprint density at radius 2 is 0.759 bits per heavy atom. The Kier molecular flexibility index (Phi) is 5.77. The fourth-order valence-electron chi connectivity index (χ4n) is 5.15. The SMILES string of the molecule is [Li][C](c1ccccc1)(c1ccccc1)C(CC)(c1ccccc1)c1ccccc1. The molecule has 0 heterocycles. The van der Waals surface area contributed by atoms with Crippen molar-refractivity contribution in [2.75, 3.05) is 0 Å². The quantitative estimate of drug-likeness (QED) is 0.341. The average molecular weight is 368 g/mol. The zero-order valence-electron chi connectivity index (χ0n) is 17.3. The van der Waals surface area contributed by atoms with Crippen molar-refractivity contribution in [3.63, 3.8) is 0 Å². The Labute approximate surface area is 183 Å². The van der Waals surface area contributed by atoms with E-state index in [1.54, 1.807) is 0 Å². The van der Waals surface area contributed by atoms with Gasteiger partial charge in [-0.3, -0.25) is 0 Å². The van der Waals surface area contributed by atoms with E-state index in [-0.39, 0.29) is 9.50 Å². The van der Waals surface area contributed by atoms with Crippen molar-refractivity contribution in [2.45, 2.75) is 22.8 Å². The van der Waals surface area contributed by atoms with E-state index in [0.29, 0.717) is 0 Å². The molecule has 0 aliphatic heterocycles. The molecular weight excluding hydrogens is 343 g/mol. The summed E-state index contributed by atoms with van der Waals surface area (Å²) in [6, 6.07) is 44.0. The first-order valence-electron chi connectivity index (χ1n) is 10.5. The van der Waals surface area contributed by atoms with Crippen LogP contribution in [0.25, 0.3) is 0 Å². The van der Waals surface area contributed by atoms with Crippen LogP contribution >= 0.6 is 0 Å². The van der Waals surface area contributed by atoms with Gasteiger partial charge in [-0.2, -0.15) is 0 Å². The number of rotatable bonds is 6. The van der Waals surface area contributed by atoms with Gasteiger partial charge in [0.1, 0.15) is 0 Å². The molecular formula is C28H25Li. The Morgan fingerprint density at radius 3 is 1.03 bits per heavy atom. The molecule has 0 amide bonds. The predicted molar refractivity (Wildman–Crippen MR) is 123 cm³/mol. The van der Waals surface area contributed by atoms with Crippen LogP contribution in [0.4, 0.5) is 0 Å². The summed E-state index contributed by atoms with van der Waals surface area (Å²) in [5.74, 6) is 0. The summed E-state index contributed by atoms with van der Waals surface area (Å²) >= 11 is 2.42. The third-order valence-corrected chi connectivity index (χ3v) is 6.62. The number of benzene rings is 4. The van der Waals surface area contributed by atoms with Crippen LogP contribution in [0.1, 0.15) is 35.6 Å². The van der Waals surface area contributed by atoms with Crippen LogP contribution in [0.3, 0.4) is 0 Å². The molecule has 4 rings (SSSR count). The van der Waals surface area contributed by atoms with E-state index in [1.807, 2.05) is 0 Å². The summed E-state index contributed by atoms with van der Waals surface area (Å²) < 4.78 is -0.243. The number of hydrogen-bond donors (Lipinski definition) is 0. The van der Waals surface area contributed by atoms with Gasteiger partial charge in [0, 0.05) is 0 Å². The maximum absolute atomic E-state index is 2.42. The summed E-state index contributed by atoms with van der Waals surface area (Å²) in [6.07, 6.45) is 0.987. The van der Waals surface area contributed by atoms with Crippen LogP contribution in [-0.2, 0) is 9.50 Å². The number of hydrogen-bond acceptors (Lipinski definition) is 0. The van der Waals surface area contributed by atoms with Gasteiger partial charge >= 0.3 is 184 Å². The molecule has 0 spiro atoms. The van der Waals surface area contributed by atoms with Crippen molar-refractivity contribution in [3.8, 4) is 0 Å². The van der Waals surface area contributed by atoms with Crippen LogP contribution in [0.15, 0.2) is 121 Å². The Bertz CT molecular complexity index is 946. The summed E-state index contributed by atoms with van der Waals surface area (Å²) in [5.41, 5.74) is 5.16. The molecule has 29 heavy (non-hydrogen) atoms. The first-order chi connectivity index (χ1) is 14.2. The monoisotopic (exact) mass is 368 g/mol. The summed E-state index contributed by atoms with van der Waals surface area (Å²) in [5, 5.41) is 0. The van der Waals surface area contributed by atoms with Crippen molar-refractivity contribution < 1.29 is 0 Å². The second-order valence-electron chi connectivity index (χ2n) is 7.85. The van der Waals surface area contributed by atoms with Gasteiger partial charge in [-0.1, -0.05) is 0 Å². The Balaban J connectivity index is 2.13. The molecule has 0 aliphatic rings. The van der Waals surface area contributed by atoms with Crippen LogP contribution in [-0.4, -0.2) is 17.7 Å². The average Bonchev–Trinajstić information content (AvgIpc) is 2.82. The minimum absolute atomic E-state index is 0.210. The van der Waals surface area contributed by atoms with Gasteiger partial charge in [0.2, 0.25) is 0 Å². The maximum atomic E-state index is 2.42. The van der Waals surface area contributed by atoms with Crippen molar-refractivity contribution in [1.29, 1.82) is 0 Å². The van der Waals surface area contributed by atoms with Crippen LogP contribution in [0, 0.1) is 0 Å². The van der Waals surface area contributed by atoms with E-state index in [9.17, 15) is 0 Å². The Morgan fingerprint density at radius 1 is 0.483 bits per heavy atom. The molecule has 4 aromatic rings.